The van der Waals surface area contributed by atoms with Crippen molar-refractivity contribution in [1.82, 2.24) is 4.72 Å². The quantitative estimate of drug-likeness (QED) is 0.434. The molecule has 0 aliphatic heterocycles. The zero-order valence-electron chi connectivity index (χ0n) is 12.2. The molecule has 0 unspecified atom stereocenters. The zero-order chi connectivity index (χ0) is 16.9. The van der Waals surface area contributed by atoms with E-state index >= 15 is 0 Å². The van der Waals surface area contributed by atoms with E-state index in [4.69, 9.17) is 19.9 Å². The van der Waals surface area contributed by atoms with E-state index in [1.165, 1.54) is 4.72 Å². The Kier molecular flexibility index (Phi) is 11.8. The topological polar surface area (TPSA) is 99.9 Å². The third-order valence-corrected chi connectivity index (χ3v) is 3.49. The summed E-state index contributed by atoms with van der Waals surface area (Å²) in [7, 11) is -5.26. The lowest BCUT2D eigenvalue weighted by molar-refractivity contribution is -0.0448. The molecule has 7 nitrogen and oxygen atoms in total. The first-order valence-electron chi connectivity index (χ1n) is 6.80. The summed E-state index contributed by atoms with van der Waals surface area (Å²) >= 11 is 0. The summed E-state index contributed by atoms with van der Waals surface area (Å²) in [5.41, 5.74) is -0.00117. The lowest BCUT2D eigenvalue weighted by Gasteiger charge is -2.09. The van der Waals surface area contributed by atoms with Gasteiger partial charge in [-0.2, -0.15) is 13.2 Å². The van der Waals surface area contributed by atoms with Crippen molar-refractivity contribution in [3.8, 4) is 0 Å². The normalized spacial score (nSPS) is 12.7. The van der Waals surface area contributed by atoms with Gasteiger partial charge in [0.1, 0.15) is 0 Å². The highest BCUT2D eigenvalue weighted by Crippen LogP contribution is 2.21. The van der Waals surface area contributed by atoms with Gasteiger partial charge in [-0.3, -0.25) is 0 Å². The predicted molar refractivity (Wildman–Crippen MR) is 73.7 cm³/mol. The van der Waals surface area contributed by atoms with Gasteiger partial charge < -0.3 is 19.9 Å². The summed E-state index contributed by atoms with van der Waals surface area (Å²) in [5.74, 6) is 0. The molecule has 0 aliphatic carbocycles. The SMILES string of the molecule is NCCCOCCOCCOCCCNS(=O)(=O)C(F)(F)F. The average Bonchev–Trinajstić information content (AvgIpc) is 2.42. The number of hydrogen-bond donors (Lipinski definition) is 2. The van der Waals surface area contributed by atoms with E-state index in [0.29, 0.717) is 33.0 Å². The molecule has 0 spiro atoms. The fraction of sp³-hybridized carbons (Fsp3) is 1.00. The van der Waals surface area contributed by atoms with Crippen LogP contribution in [0.3, 0.4) is 0 Å². The van der Waals surface area contributed by atoms with Crippen molar-refractivity contribution in [3.63, 3.8) is 0 Å². The molecule has 0 heterocycles. The standard InChI is InChI=1S/C11H23F3N2O5S/c12-11(13,14)22(17,18)16-4-2-6-20-8-10-21-9-7-19-5-1-3-15/h16H,1-10,15H2. The first-order chi connectivity index (χ1) is 10.3. The van der Waals surface area contributed by atoms with Crippen molar-refractivity contribution in [2.45, 2.75) is 18.3 Å². The molecule has 0 rings (SSSR count). The molecule has 134 valence electrons. The fourth-order valence-electron chi connectivity index (χ4n) is 1.19. The van der Waals surface area contributed by atoms with Gasteiger partial charge in [0.25, 0.3) is 0 Å². The van der Waals surface area contributed by atoms with Crippen molar-refractivity contribution >= 4 is 10.0 Å². The molecular weight excluding hydrogens is 329 g/mol. The molecule has 0 aromatic heterocycles. The summed E-state index contributed by atoms with van der Waals surface area (Å²) in [6, 6.07) is 0. The minimum Gasteiger partial charge on any atom is -0.379 e. The predicted octanol–water partition coefficient (Wildman–Crippen LogP) is 0.214. The van der Waals surface area contributed by atoms with Gasteiger partial charge in [-0.25, -0.2) is 13.1 Å². The number of nitrogens with one attached hydrogen (secondary N) is 1. The van der Waals surface area contributed by atoms with Crippen LogP contribution in [0.5, 0.6) is 0 Å². The maximum Gasteiger partial charge on any atom is 0.511 e. The summed E-state index contributed by atoms with van der Waals surface area (Å²) in [6.07, 6.45) is 0.929. The van der Waals surface area contributed by atoms with Crippen LogP contribution >= 0.6 is 0 Å². The smallest absolute Gasteiger partial charge is 0.379 e. The van der Waals surface area contributed by atoms with Crippen molar-refractivity contribution in [1.29, 1.82) is 0 Å². The highest BCUT2D eigenvalue weighted by Gasteiger charge is 2.45. The molecule has 0 atom stereocenters. The highest BCUT2D eigenvalue weighted by molar-refractivity contribution is 7.90. The summed E-state index contributed by atoms with van der Waals surface area (Å²) in [4.78, 5) is 0. The van der Waals surface area contributed by atoms with Gasteiger partial charge in [-0.05, 0) is 19.4 Å². The molecule has 0 aliphatic rings. The Morgan fingerprint density at radius 3 is 1.77 bits per heavy atom. The molecule has 11 heteroatoms. The van der Waals surface area contributed by atoms with Crippen LogP contribution in [0.25, 0.3) is 0 Å². The van der Waals surface area contributed by atoms with E-state index in [-0.39, 0.29) is 26.2 Å². The molecular formula is C11H23F3N2O5S. The maximum atomic E-state index is 12.0. The summed E-state index contributed by atoms with van der Waals surface area (Å²) in [6.45, 7) is 2.44. The van der Waals surface area contributed by atoms with E-state index in [1.54, 1.807) is 0 Å². The Bertz CT molecular complexity index is 365. The highest BCUT2D eigenvalue weighted by atomic mass is 32.2. The van der Waals surface area contributed by atoms with Gasteiger partial charge >= 0.3 is 15.5 Å². The van der Waals surface area contributed by atoms with Crippen LogP contribution in [-0.4, -0.2) is 66.7 Å². The van der Waals surface area contributed by atoms with Crippen LogP contribution in [0.1, 0.15) is 12.8 Å². The third kappa shape index (κ3) is 11.2. The Hall–Kier alpha value is -0.460. The van der Waals surface area contributed by atoms with E-state index in [0.717, 1.165) is 6.42 Å². The van der Waals surface area contributed by atoms with Gasteiger partial charge in [0.15, 0.2) is 0 Å². The van der Waals surface area contributed by atoms with E-state index in [2.05, 4.69) is 0 Å². The Morgan fingerprint density at radius 2 is 1.32 bits per heavy atom. The molecule has 0 aromatic carbocycles. The number of alkyl halides is 3. The van der Waals surface area contributed by atoms with Crippen molar-refractivity contribution in [3.05, 3.63) is 0 Å². The van der Waals surface area contributed by atoms with Gasteiger partial charge in [-0.15, -0.1) is 0 Å². The number of nitrogens with two attached hydrogens (primary N) is 1. The molecule has 0 fully saturated rings. The molecule has 3 N–H and O–H groups in total. The van der Waals surface area contributed by atoms with Crippen molar-refractivity contribution in [2.24, 2.45) is 5.73 Å². The molecule has 22 heavy (non-hydrogen) atoms. The zero-order valence-corrected chi connectivity index (χ0v) is 13.0. The number of sulfonamides is 1. The molecule has 0 aromatic rings. The molecule has 0 radical (unpaired) electrons. The number of hydrogen-bond acceptors (Lipinski definition) is 6. The number of ether oxygens (including phenoxy) is 3. The van der Waals surface area contributed by atoms with E-state index in [1.807, 2.05) is 0 Å². The third-order valence-electron chi connectivity index (χ3n) is 2.30. The van der Waals surface area contributed by atoms with Gasteiger partial charge in [0.2, 0.25) is 0 Å². The van der Waals surface area contributed by atoms with Crippen molar-refractivity contribution < 1.29 is 35.8 Å². The largest absolute Gasteiger partial charge is 0.511 e. The lowest BCUT2D eigenvalue weighted by atomic mass is 10.5. The van der Waals surface area contributed by atoms with Crippen LogP contribution < -0.4 is 10.5 Å². The van der Waals surface area contributed by atoms with E-state index < -0.39 is 15.5 Å². The fourth-order valence-corrected chi connectivity index (χ4v) is 1.77. The van der Waals surface area contributed by atoms with Crippen molar-refractivity contribution in [2.75, 3.05) is 52.7 Å². The summed E-state index contributed by atoms with van der Waals surface area (Å²) in [5, 5.41) is 0. The number of halogens is 3. The number of rotatable bonds is 14. The second kappa shape index (κ2) is 12.0. The molecule has 0 bridgehead atoms. The maximum absolute atomic E-state index is 12.0. The summed E-state index contributed by atoms with van der Waals surface area (Å²) < 4.78 is 74.1. The Labute approximate surface area is 128 Å². The van der Waals surface area contributed by atoms with Crippen LogP contribution in [0, 0.1) is 0 Å². The van der Waals surface area contributed by atoms with Crippen LogP contribution in [0.2, 0.25) is 0 Å². The lowest BCUT2D eigenvalue weighted by Crippen LogP contribution is -2.37. The average molecular weight is 352 g/mol. The minimum atomic E-state index is -5.28. The molecule has 0 saturated carbocycles. The van der Waals surface area contributed by atoms with Crippen LogP contribution in [0.4, 0.5) is 13.2 Å². The first-order valence-corrected chi connectivity index (χ1v) is 8.29. The molecule has 0 amide bonds. The first kappa shape index (κ1) is 21.5. The van der Waals surface area contributed by atoms with Crippen LogP contribution in [0.15, 0.2) is 0 Å². The minimum absolute atomic E-state index is 0.136. The van der Waals surface area contributed by atoms with Crippen LogP contribution in [-0.2, 0) is 24.2 Å². The van der Waals surface area contributed by atoms with Gasteiger partial charge in [0.05, 0.1) is 26.4 Å². The molecule has 0 saturated heterocycles. The second-order valence-electron chi connectivity index (χ2n) is 4.18. The van der Waals surface area contributed by atoms with Gasteiger partial charge in [0, 0.05) is 19.8 Å². The Morgan fingerprint density at radius 1 is 0.864 bits per heavy atom. The monoisotopic (exact) mass is 352 g/mol. The van der Waals surface area contributed by atoms with E-state index in [9.17, 15) is 21.6 Å². The second-order valence-corrected chi connectivity index (χ2v) is 5.93. The van der Waals surface area contributed by atoms with Gasteiger partial charge in [-0.1, -0.05) is 0 Å². The Balaban J connectivity index is 3.31.